The van der Waals surface area contributed by atoms with Crippen LogP contribution >= 0.6 is 0 Å². The second kappa shape index (κ2) is 6.35. The summed E-state index contributed by atoms with van der Waals surface area (Å²) in [5, 5.41) is 20.0. The van der Waals surface area contributed by atoms with Gasteiger partial charge in [-0.3, -0.25) is 10.1 Å². The minimum absolute atomic E-state index is 0.0700. The molecule has 0 fully saturated rings. The van der Waals surface area contributed by atoms with Crippen LogP contribution in [0.2, 0.25) is 0 Å². The molecular weight excluding hydrogens is 256 g/mol. The van der Waals surface area contributed by atoms with Crippen LogP contribution in [0.5, 0.6) is 0 Å². The predicted molar refractivity (Wildman–Crippen MR) is 78.5 cm³/mol. The highest BCUT2D eigenvalue weighted by Gasteiger charge is 2.22. The molecular formula is C14H20N4O2. The van der Waals surface area contributed by atoms with E-state index < -0.39 is 4.92 Å². The third-order valence-electron chi connectivity index (χ3n) is 3.21. The van der Waals surface area contributed by atoms with Crippen molar-refractivity contribution in [1.82, 2.24) is 0 Å². The van der Waals surface area contributed by atoms with Gasteiger partial charge in [-0.1, -0.05) is 13.8 Å². The van der Waals surface area contributed by atoms with Crippen LogP contribution in [0.25, 0.3) is 0 Å². The second-order valence-corrected chi connectivity index (χ2v) is 5.45. The van der Waals surface area contributed by atoms with E-state index in [0.717, 1.165) is 0 Å². The third kappa shape index (κ3) is 3.68. The molecule has 1 rings (SSSR count). The van der Waals surface area contributed by atoms with Crippen molar-refractivity contribution in [2.24, 2.45) is 11.1 Å². The van der Waals surface area contributed by atoms with Crippen LogP contribution < -0.4 is 10.6 Å². The van der Waals surface area contributed by atoms with E-state index in [1.165, 1.54) is 12.1 Å². The summed E-state index contributed by atoms with van der Waals surface area (Å²) >= 11 is 0. The maximum absolute atomic E-state index is 10.8. The summed E-state index contributed by atoms with van der Waals surface area (Å²) < 4.78 is 0. The summed E-state index contributed by atoms with van der Waals surface area (Å²) in [5.41, 5.74) is 6.60. The standard InChI is InChI=1S/C14H20N4O2/c1-4-17(10-14(2,3)9-16)13-6-5-12(18(19)20)7-11(13)8-15/h5-7H,4,9-10,16H2,1-3H3. The van der Waals surface area contributed by atoms with E-state index in [-0.39, 0.29) is 11.1 Å². The molecule has 0 aliphatic heterocycles. The van der Waals surface area contributed by atoms with Crippen molar-refractivity contribution in [2.75, 3.05) is 24.5 Å². The Bertz CT molecular complexity index is 534. The summed E-state index contributed by atoms with van der Waals surface area (Å²) in [6.45, 7) is 8.00. The number of nitro benzene ring substituents is 1. The molecule has 0 radical (unpaired) electrons. The summed E-state index contributed by atoms with van der Waals surface area (Å²) in [7, 11) is 0. The maximum atomic E-state index is 10.8. The van der Waals surface area contributed by atoms with Crippen LogP contribution in [0.4, 0.5) is 11.4 Å². The number of nitro groups is 1. The van der Waals surface area contributed by atoms with E-state index in [2.05, 4.69) is 0 Å². The van der Waals surface area contributed by atoms with Gasteiger partial charge in [0.15, 0.2) is 0 Å². The fourth-order valence-electron chi connectivity index (χ4n) is 1.95. The molecule has 6 heteroatoms. The van der Waals surface area contributed by atoms with Crippen molar-refractivity contribution >= 4 is 11.4 Å². The zero-order chi connectivity index (χ0) is 15.3. The number of non-ortho nitro benzene ring substituents is 1. The van der Waals surface area contributed by atoms with Crippen LogP contribution in [0.15, 0.2) is 18.2 Å². The van der Waals surface area contributed by atoms with Gasteiger partial charge in [-0.15, -0.1) is 0 Å². The SMILES string of the molecule is CCN(CC(C)(C)CN)c1ccc([N+](=O)[O-])cc1C#N. The Morgan fingerprint density at radius 1 is 1.50 bits per heavy atom. The Morgan fingerprint density at radius 3 is 2.60 bits per heavy atom. The van der Waals surface area contributed by atoms with Crippen LogP contribution in [0, 0.1) is 26.9 Å². The van der Waals surface area contributed by atoms with E-state index in [4.69, 9.17) is 5.73 Å². The van der Waals surface area contributed by atoms with Crippen molar-refractivity contribution in [1.29, 1.82) is 5.26 Å². The lowest BCUT2D eigenvalue weighted by Gasteiger charge is -2.33. The fraction of sp³-hybridized carbons (Fsp3) is 0.500. The minimum Gasteiger partial charge on any atom is -0.370 e. The van der Waals surface area contributed by atoms with Crippen molar-refractivity contribution in [3.63, 3.8) is 0 Å². The number of hydrogen-bond donors (Lipinski definition) is 1. The van der Waals surface area contributed by atoms with Gasteiger partial charge < -0.3 is 10.6 Å². The average molecular weight is 276 g/mol. The first-order valence-corrected chi connectivity index (χ1v) is 6.48. The summed E-state index contributed by atoms with van der Waals surface area (Å²) in [6, 6.07) is 6.40. The van der Waals surface area contributed by atoms with Crippen molar-refractivity contribution < 1.29 is 4.92 Å². The topological polar surface area (TPSA) is 96.2 Å². The number of benzene rings is 1. The van der Waals surface area contributed by atoms with Gasteiger partial charge in [-0.2, -0.15) is 5.26 Å². The van der Waals surface area contributed by atoms with Gasteiger partial charge in [-0.25, -0.2) is 0 Å². The quantitative estimate of drug-likeness (QED) is 0.635. The van der Waals surface area contributed by atoms with E-state index >= 15 is 0 Å². The molecule has 0 aliphatic carbocycles. The first kappa shape index (κ1) is 15.9. The number of rotatable bonds is 6. The second-order valence-electron chi connectivity index (χ2n) is 5.45. The van der Waals surface area contributed by atoms with Crippen LogP contribution in [0.3, 0.4) is 0 Å². The van der Waals surface area contributed by atoms with E-state index in [1.54, 1.807) is 6.07 Å². The highest BCUT2D eigenvalue weighted by molar-refractivity contribution is 5.63. The predicted octanol–water partition coefficient (Wildman–Crippen LogP) is 2.28. The summed E-state index contributed by atoms with van der Waals surface area (Å²) in [4.78, 5) is 12.3. The number of nitrogens with two attached hydrogens (primary N) is 1. The van der Waals surface area contributed by atoms with Gasteiger partial charge in [0.1, 0.15) is 6.07 Å². The van der Waals surface area contributed by atoms with Gasteiger partial charge in [0.05, 0.1) is 16.2 Å². The molecule has 2 N–H and O–H groups in total. The lowest BCUT2D eigenvalue weighted by atomic mass is 9.92. The smallest absolute Gasteiger partial charge is 0.270 e. The number of hydrogen-bond acceptors (Lipinski definition) is 5. The molecule has 0 atom stereocenters. The monoisotopic (exact) mass is 276 g/mol. The molecule has 0 bridgehead atoms. The molecule has 6 nitrogen and oxygen atoms in total. The van der Waals surface area contributed by atoms with Crippen LogP contribution in [-0.4, -0.2) is 24.6 Å². The van der Waals surface area contributed by atoms with E-state index in [9.17, 15) is 15.4 Å². The molecule has 1 aromatic carbocycles. The van der Waals surface area contributed by atoms with E-state index in [0.29, 0.717) is 30.9 Å². The van der Waals surface area contributed by atoms with Gasteiger partial charge in [-0.05, 0) is 24.9 Å². The third-order valence-corrected chi connectivity index (χ3v) is 3.21. The Balaban J connectivity index is 3.16. The Hall–Kier alpha value is -2.13. The van der Waals surface area contributed by atoms with Crippen LogP contribution in [0.1, 0.15) is 26.3 Å². The maximum Gasteiger partial charge on any atom is 0.270 e. The molecule has 0 heterocycles. The van der Waals surface area contributed by atoms with Crippen LogP contribution in [-0.2, 0) is 0 Å². The molecule has 0 saturated heterocycles. The van der Waals surface area contributed by atoms with Crippen molar-refractivity contribution in [3.05, 3.63) is 33.9 Å². The number of anilines is 1. The molecule has 0 spiro atoms. The van der Waals surface area contributed by atoms with E-state index in [1.807, 2.05) is 31.7 Å². The first-order chi connectivity index (χ1) is 9.34. The summed E-state index contributed by atoms with van der Waals surface area (Å²) in [6.07, 6.45) is 0. The van der Waals surface area contributed by atoms with Crippen molar-refractivity contribution in [2.45, 2.75) is 20.8 Å². The summed E-state index contributed by atoms with van der Waals surface area (Å²) in [5.74, 6) is 0. The molecule has 1 aromatic rings. The number of nitrogens with zero attached hydrogens (tertiary/aromatic N) is 3. The molecule has 0 unspecified atom stereocenters. The Kier molecular flexibility index (Phi) is 5.06. The number of nitriles is 1. The van der Waals surface area contributed by atoms with Crippen molar-refractivity contribution in [3.8, 4) is 6.07 Å². The largest absolute Gasteiger partial charge is 0.370 e. The molecule has 108 valence electrons. The van der Waals surface area contributed by atoms with Gasteiger partial charge >= 0.3 is 0 Å². The molecule has 20 heavy (non-hydrogen) atoms. The highest BCUT2D eigenvalue weighted by atomic mass is 16.6. The average Bonchev–Trinajstić information content (AvgIpc) is 2.44. The molecule has 0 aliphatic rings. The van der Waals surface area contributed by atoms with Gasteiger partial charge in [0.25, 0.3) is 5.69 Å². The zero-order valence-electron chi connectivity index (χ0n) is 12.1. The lowest BCUT2D eigenvalue weighted by molar-refractivity contribution is -0.384. The molecule has 0 amide bonds. The van der Waals surface area contributed by atoms with Gasteiger partial charge in [0, 0.05) is 25.2 Å². The minimum atomic E-state index is -0.495. The Morgan fingerprint density at radius 2 is 2.15 bits per heavy atom. The molecule has 0 aromatic heterocycles. The highest BCUT2D eigenvalue weighted by Crippen LogP contribution is 2.27. The zero-order valence-corrected chi connectivity index (χ0v) is 12.1. The molecule has 0 saturated carbocycles. The lowest BCUT2D eigenvalue weighted by Crippen LogP contribution is -2.39. The fourth-order valence-corrected chi connectivity index (χ4v) is 1.95. The normalized spacial score (nSPS) is 10.9. The first-order valence-electron chi connectivity index (χ1n) is 6.48. The Labute approximate surface area is 118 Å². The van der Waals surface area contributed by atoms with Gasteiger partial charge in [0.2, 0.25) is 0 Å².